The highest BCUT2D eigenvalue weighted by atomic mass is 32.2. The lowest BCUT2D eigenvalue weighted by Crippen LogP contribution is -2.24. The summed E-state index contributed by atoms with van der Waals surface area (Å²) in [4.78, 5) is 0. The zero-order valence-corrected chi connectivity index (χ0v) is 8.41. The SMILES string of the molecule is CSCC(C)CNCC1CC1. The van der Waals surface area contributed by atoms with Crippen LogP contribution in [0.15, 0.2) is 0 Å². The quantitative estimate of drug-likeness (QED) is 0.659. The van der Waals surface area contributed by atoms with Gasteiger partial charge in [0.25, 0.3) is 0 Å². The summed E-state index contributed by atoms with van der Waals surface area (Å²) in [5.41, 5.74) is 0. The van der Waals surface area contributed by atoms with E-state index in [0.717, 1.165) is 11.8 Å². The largest absolute Gasteiger partial charge is 0.316 e. The smallest absolute Gasteiger partial charge is 0.00152 e. The van der Waals surface area contributed by atoms with Crippen LogP contribution in [0.1, 0.15) is 19.8 Å². The standard InChI is InChI=1S/C9H19NS/c1-8(7-11-2)5-10-6-9-3-4-9/h8-10H,3-7H2,1-2H3. The van der Waals surface area contributed by atoms with Crippen LogP contribution < -0.4 is 5.32 Å². The molecular weight excluding hydrogens is 154 g/mol. The molecule has 0 aromatic heterocycles. The fourth-order valence-corrected chi connectivity index (χ4v) is 1.89. The van der Waals surface area contributed by atoms with Gasteiger partial charge in [-0.3, -0.25) is 0 Å². The third-order valence-electron chi connectivity index (χ3n) is 2.07. The van der Waals surface area contributed by atoms with Gasteiger partial charge in [-0.25, -0.2) is 0 Å². The molecule has 2 heteroatoms. The lowest BCUT2D eigenvalue weighted by Gasteiger charge is -2.10. The molecule has 1 rings (SSSR count). The molecule has 1 saturated carbocycles. The van der Waals surface area contributed by atoms with Gasteiger partial charge in [0.15, 0.2) is 0 Å². The van der Waals surface area contributed by atoms with Crippen LogP contribution in [0.5, 0.6) is 0 Å². The second-order valence-electron chi connectivity index (χ2n) is 3.66. The van der Waals surface area contributed by atoms with E-state index in [1.165, 1.54) is 31.7 Å². The van der Waals surface area contributed by atoms with Crippen molar-refractivity contribution in [3.63, 3.8) is 0 Å². The van der Waals surface area contributed by atoms with Crippen molar-refractivity contribution in [2.75, 3.05) is 25.1 Å². The van der Waals surface area contributed by atoms with E-state index in [9.17, 15) is 0 Å². The minimum Gasteiger partial charge on any atom is -0.316 e. The molecule has 1 aliphatic rings. The lowest BCUT2D eigenvalue weighted by atomic mass is 10.2. The van der Waals surface area contributed by atoms with Crippen LogP contribution in [0.2, 0.25) is 0 Å². The number of thioether (sulfide) groups is 1. The fourth-order valence-electron chi connectivity index (χ4n) is 1.20. The number of hydrogen-bond donors (Lipinski definition) is 1. The van der Waals surface area contributed by atoms with Gasteiger partial charge in [-0.2, -0.15) is 11.8 Å². The normalized spacial score (nSPS) is 20.2. The number of hydrogen-bond acceptors (Lipinski definition) is 2. The van der Waals surface area contributed by atoms with Gasteiger partial charge in [0.1, 0.15) is 0 Å². The zero-order chi connectivity index (χ0) is 8.10. The van der Waals surface area contributed by atoms with Crippen molar-refractivity contribution in [2.45, 2.75) is 19.8 Å². The van der Waals surface area contributed by atoms with Gasteiger partial charge in [-0.05, 0) is 49.8 Å². The lowest BCUT2D eigenvalue weighted by molar-refractivity contribution is 0.542. The van der Waals surface area contributed by atoms with Crippen molar-refractivity contribution in [2.24, 2.45) is 11.8 Å². The summed E-state index contributed by atoms with van der Waals surface area (Å²) in [6.45, 7) is 4.78. The van der Waals surface area contributed by atoms with Gasteiger partial charge in [0.05, 0.1) is 0 Å². The first-order valence-corrected chi connectivity index (χ1v) is 5.92. The van der Waals surface area contributed by atoms with E-state index in [0.29, 0.717) is 0 Å². The van der Waals surface area contributed by atoms with Gasteiger partial charge >= 0.3 is 0 Å². The van der Waals surface area contributed by atoms with Crippen LogP contribution in [0.3, 0.4) is 0 Å². The molecule has 0 amide bonds. The van der Waals surface area contributed by atoms with Crippen molar-refractivity contribution in [1.29, 1.82) is 0 Å². The molecule has 1 unspecified atom stereocenters. The second-order valence-corrected chi connectivity index (χ2v) is 4.57. The third-order valence-corrected chi connectivity index (χ3v) is 2.98. The van der Waals surface area contributed by atoms with Crippen LogP contribution in [0.4, 0.5) is 0 Å². The number of nitrogens with one attached hydrogen (secondary N) is 1. The molecule has 1 nitrogen and oxygen atoms in total. The molecule has 1 atom stereocenters. The van der Waals surface area contributed by atoms with E-state index in [4.69, 9.17) is 0 Å². The first kappa shape index (κ1) is 9.40. The summed E-state index contributed by atoms with van der Waals surface area (Å²) in [5, 5.41) is 3.52. The Morgan fingerprint density at radius 1 is 1.55 bits per heavy atom. The Labute approximate surface area is 74.3 Å². The maximum atomic E-state index is 3.52. The predicted molar refractivity (Wildman–Crippen MR) is 53.1 cm³/mol. The Hall–Kier alpha value is 0.310. The summed E-state index contributed by atoms with van der Waals surface area (Å²) < 4.78 is 0. The van der Waals surface area contributed by atoms with Gasteiger partial charge in [-0.15, -0.1) is 0 Å². The minimum absolute atomic E-state index is 0.837. The summed E-state index contributed by atoms with van der Waals surface area (Å²) in [5.74, 6) is 3.15. The van der Waals surface area contributed by atoms with Gasteiger partial charge in [0.2, 0.25) is 0 Å². The maximum absolute atomic E-state index is 3.52. The highest BCUT2D eigenvalue weighted by molar-refractivity contribution is 7.98. The van der Waals surface area contributed by atoms with Crippen molar-refractivity contribution < 1.29 is 0 Å². The summed E-state index contributed by atoms with van der Waals surface area (Å²) in [7, 11) is 0. The van der Waals surface area contributed by atoms with Gasteiger partial charge in [-0.1, -0.05) is 6.92 Å². The van der Waals surface area contributed by atoms with E-state index < -0.39 is 0 Å². The fraction of sp³-hybridized carbons (Fsp3) is 1.00. The summed E-state index contributed by atoms with van der Waals surface area (Å²) in [6.07, 6.45) is 5.10. The molecule has 0 aromatic rings. The molecule has 11 heavy (non-hydrogen) atoms. The molecular formula is C9H19NS. The van der Waals surface area contributed by atoms with Crippen LogP contribution in [0.25, 0.3) is 0 Å². The highest BCUT2D eigenvalue weighted by Crippen LogP contribution is 2.27. The molecule has 1 N–H and O–H groups in total. The predicted octanol–water partition coefficient (Wildman–Crippen LogP) is 1.99. The molecule has 0 aliphatic heterocycles. The van der Waals surface area contributed by atoms with Crippen LogP contribution >= 0.6 is 11.8 Å². The Balaban J connectivity index is 1.84. The topological polar surface area (TPSA) is 12.0 Å². The van der Waals surface area contributed by atoms with Crippen LogP contribution in [0, 0.1) is 11.8 Å². The molecule has 0 heterocycles. The average Bonchev–Trinajstić information content (AvgIpc) is 2.72. The molecule has 0 spiro atoms. The molecule has 1 aliphatic carbocycles. The van der Waals surface area contributed by atoms with E-state index in [1.807, 2.05) is 11.8 Å². The van der Waals surface area contributed by atoms with Crippen molar-refractivity contribution in [3.8, 4) is 0 Å². The van der Waals surface area contributed by atoms with Gasteiger partial charge < -0.3 is 5.32 Å². The zero-order valence-electron chi connectivity index (χ0n) is 7.60. The average molecular weight is 173 g/mol. The molecule has 66 valence electrons. The molecule has 0 saturated heterocycles. The van der Waals surface area contributed by atoms with Crippen LogP contribution in [-0.4, -0.2) is 25.1 Å². The Morgan fingerprint density at radius 2 is 2.27 bits per heavy atom. The maximum Gasteiger partial charge on any atom is -0.00152 e. The van der Waals surface area contributed by atoms with Crippen molar-refractivity contribution >= 4 is 11.8 Å². The van der Waals surface area contributed by atoms with Crippen molar-refractivity contribution in [1.82, 2.24) is 5.32 Å². The third kappa shape index (κ3) is 4.70. The van der Waals surface area contributed by atoms with Crippen LogP contribution in [-0.2, 0) is 0 Å². The Morgan fingerprint density at radius 3 is 2.82 bits per heavy atom. The first-order valence-electron chi connectivity index (χ1n) is 4.52. The van der Waals surface area contributed by atoms with E-state index in [-0.39, 0.29) is 0 Å². The van der Waals surface area contributed by atoms with Crippen molar-refractivity contribution in [3.05, 3.63) is 0 Å². The monoisotopic (exact) mass is 173 g/mol. The Bertz CT molecular complexity index is 102. The first-order chi connectivity index (χ1) is 5.33. The Kier molecular flexibility index (Phi) is 4.31. The molecule has 1 fully saturated rings. The van der Waals surface area contributed by atoms with E-state index >= 15 is 0 Å². The minimum atomic E-state index is 0.837. The molecule has 0 aromatic carbocycles. The summed E-state index contributed by atoms with van der Waals surface area (Å²) >= 11 is 1.94. The molecule has 0 radical (unpaired) electrons. The highest BCUT2D eigenvalue weighted by Gasteiger charge is 2.20. The second kappa shape index (κ2) is 5.04. The molecule has 0 bridgehead atoms. The van der Waals surface area contributed by atoms with E-state index in [1.54, 1.807) is 0 Å². The number of rotatable bonds is 6. The summed E-state index contributed by atoms with van der Waals surface area (Å²) in [6, 6.07) is 0. The van der Waals surface area contributed by atoms with E-state index in [2.05, 4.69) is 18.5 Å². The van der Waals surface area contributed by atoms with Gasteiger partial charge in [0, 0.05) is 0 Å².